The van der Waals surface area contributed by atoms with Crippen molar-refractivity contribution in [1.82, 2.24) is 40.7 Å². The Morgan fingerprint density at radius 2 is 1.67 bits per heavy atom. The second kappa shape index (κ2) is 26.3. The Morgan fingerprint density at radius 1 is 0.974 bits per heavy atom. The zero-order valence-corrected chi connectivity index (χ0v) is 45.2. The third-order valence-corrected chi connectivity index (χ3v) is 14.5. The van der Waals surface area contributed by atoms with Gasteiger partial charge >= 0.3 is 0 Å². The van der Waals surface area contributed by atoms with Crippen molar-refractivity contribution in [2.75, 3.05) is 103 Å². The number of likely N-dealkylation sites (N-methyl/N-ethyl adjacent to an activating group) is 1. The summed E-state index contributed by atoms with van der Waals surface area (Å²) in [6.45, 7) is 12.7. The number of carbonyl (C=O) groups excluding carboxylic acids is 4. The molecule has 4 heterocycles. The largest absolute Gasteiger partial charge is 0.507 e. The number of aromatic nitrogens is 3. The van der Waals surface area contributed by atoms with E-state index < -0.39 is 58.7 Å². The molecule has 6 N–H and O–H groups in total. The van der Waals surface area contributed by atoms with Gasteiger partial charge in [0.05, 0.1) is 71.8 Å². The minimum Gasteiger partial charge on any atom is -0.507 e. The standard InChI is InChI=1S/C53H67ClF2N10O9S/c1-31(33-10-12-34(13-11-33)47-32(2)59-30-76-47)60-50(71)39-26-35(67)28-66(39)51(72)48(53(3,4)5)61-41(69)29-75-25-24-74-23-22-73-21-20-64(6)42(70)14-15-58-52-62-46-36(49(63-52)65-18-16-57-17-19-65)27-37(54)43(45(46)56)44-38(55)8-7-9-40(44)68/h7-13,27,30-31,35,39,48,57,67-68H,14-26,28-29H2,1-6H3,(H,60,71)(H,61,69)(H,58,62,63)/t31?,35-,39+,48?/m1/s1. The van der Waals surface area contributed by atoms with E-state index in [2.05, 4.69) is 36.2 Å². The number of aliphatic hydroxyl groups excluding tert-OH is 1. The zero-order chi connectivity index (χ0) is 54.7. The number of rotatable bonds is 23. The first-order chi connectivity index (χ1) is 36.3. The molecule has 0 spiro atoms. The summed E-state index contributed by atoms with van der Waals surface area (Å²) < 4.78 is 48.1. The molecular formula is C53H67ClF2N10O9S. The molecule has 0 saturated carbocycles. The smallest absolute Gasteiger partial charge is 0.246 e. The van der Waals surface area contributed by atoms with Crippen molar-refractivity contribution in [2.45, 2.75) is 71.7 Å². The molecule has 2 aliphatic rings. The molecule has 5 aromatic rings. The number of β-amino-alcohol motifs (C(OH)–C–C–N with tert-alkyl or cyclic N) is 1. The monoisotopic (exact) mass is 1090 g/mol. The fourth-order valence-corrected chi connectivity index (χ4v) is 10.1. The number of piperazine rings is 1. The van der Waals surface area contributed by atoms with Crippen molar-refractivity contribution >= 4 is 69.2 Å². The normalized spacial score (nSPS) is 16.7. The van der Waals surface area contributed by atoms with Gasteiger partial charge in [-0.2, -0.15) is 4.98 Å². The minimum atomic E-state index is -1.01. The molecule has 23 heteroatoms. The van der Waals surface area contributed by atoms with Gasteiger partial charge in [-0.1, -0.05) is 62.7 Å². The van der Waals surface area contributed by atoms with Gasteiger partial charge in [0.15, 0.2) is 5.82 Å². The first-order valence-electron chi connectivity index (χ1n) is 25.2. The third-order valence-electron chi connectivity index (χ3n) is 13.2. The van der Waals surface area contributed by atoms with Crippen LogP contribution in [0, 0.1) is 24.0 Å². The molecule has 0 radical (unpaired) electrons. The number of likely N-dealkylation sites (tertiary alicyclic amines) is 1. The number of hydrogen-bond acceptors (Lipinski definition) is 16. The Labute approximate surface area is 449 Å². The van der Waals surface area contributed by atoms with E-state index in [-0.39, 0.29) is 105 Å². The number of thiazole rings is 1. The number of benzene rings is 3. The van der Waals surface area contributed by atoms with Gasteiger partial charge in [-0.3, -0.25) is 19.2 Å². The lowest BCUT2D eigenvalue weighted by atomic mass is 9.85. The van der Waals surface area contributed by atoms with Crippen LogP contribution in [-0.4, -0.2) is 169 Å². The molecule has 0 bridgehead atoms. The average molecular weight is 1090 g/mol. The number of phenols is 1. The summed E-state index contributed by atoms with van der Waals surface area (Å²) in [6, 6.07) is 10.7. The summed E-state index contributed by atoms with van der Waals surface area (Å²) in [5, 5.41) is 33.4. The van der Waals surface area contributed by atoms with Gasteiger partial charge in [-0.05, 0) is 48.6 Å². The van der Waals surface area contributed by atoms with E-state index in [4.69, 9.17) is 25.8 Å². The average Bonchev–Trinajstić information content (AvgIpc) is 4.04. The number of ether oxygens (including phenoxy) is 3. The summed E-state index contributed by atoms with van der Waals surface area (Å²) in [5.74, 6) is -3.38. The molecule has 2 aromatic heterocycles. The van der Waals surface area contributed by atoms with Crippen molar-refractivity contribution in [1.29, 1.82) is 0 Å². The molecular weight excluding hydrogens is 1030 g/mol. The van der Waals surface area contributed by atoms with Crippen molar-refractivity contribution in [3.8, 4) is 27.3 Å². The molecule has 2 fully saturated rings. The van der Waals surface area contributed by atoms with Gasteiger partial charge in [-0.15, -0.1) is 11.3 Å². The van der Waals surface area contributed by atoms with Crippen LogP contribution >= 0.6 is 22.9 Å². The van der Waals surface area contributed by atoms with Crippen LogP contribution in [0.5, 0.6) is 5.75 Å². The summed E-state index contributed by atoms with van der Waals surface area (Å²) >= 11 is 8.10. The van der Waals surface area contributed by atoms with Crippen molar-refractivity contribution in [3.05, 3.63) is 82.0 Å². The van der Waals surface area contributed by atoms with Gasteiger partial charge < -0.3 is 60.4 Å². The zero-order valence-electron chi connectivity index (χ0n) is 43.6. The Bertz CT molecular complexity index is 2810. The van der Waals surface area contributed by atoms with Gasteiger partial charge in [0, 0.05) is 76.7 Å². The lowest BCUT2D eigenvalue weighted by Crippen LogP contribution is -2.58. The Morgan fingerprint density at radius 3 is 2.34 bits per heavy atom. The summed E-state index contributed by atoms with van der Waals surface area (Å²) in [6.07, 6.45) is -0.792. The molecule has 2 aliphatic heterocycles. The van der Waals surface area contributed by atoms with Crippen LogP contribution in [-0.2, 0) is 33.4 Å². The summed E-state index contributed by atoms with van der Waals surface area (Å²) in [7, 11) is 1.64. The number of phenolic OH excluding ortho intramolecular Hbond substituents is 1. The van der Waals surface area contributed by atoms with Gasteiger partial charge in [-0.25, -0.2) is 18.7 Å². The highest BCUT2D eigenvalue weighted by atomic mass is 35.5. The SMILES string of the molecule is Cc1ncsc1-c1ccc(C(C)NC(=O)[C@@H]2C[C@@H](O)CN2C(=O)C(NC(=O)COCCOCCOCCN(C)C(=O)CCNc2nc(N3CCNCC3)c3cc(Cl)c(-c4c(O)cccc4F)c(F)c3n2)C(C)(C)C)cc1. The van der Waals surface area contributed by atoms with Gasteiger partial charge in [0.1, 0.15) is 41.6 Å². The van der Waals surface area contributed by atoms with Gasteiger partial charge in [0.2, 0.25) is 29.6 Å². The lowest BCUT2D eigenvalue weighted by Gasteiger charge is -2.35. The summed E-state index contributed by atoms with van der Waals surface area (Å²) in [4.78, 5) is 73.1. The molecule has 2 unspecified atom stereocenters. The van der Waals surface area contributed by atoms with Crippen molar-refractivity contribution in [3.63, 3.8) is 0 Å². The molecule has 3 aromatic carbocycles. The summed E-state index contributed by atoms with van der Waals surface area (Å²) in [5.41, 5.74) is 3.08. The Hall–Kier alpha value is -6.14. The highest BCUT2D eigenvalue weighted by Crippen LogP contribution is 2.42. The van der Waals surface area contributed by atoms with E-state index in [1.54, 1.807) is 44.7 Å². The highest BCUT2D eigenvalue weighted by Gasteiger charge is 2.45. The van der Waals surface area contributed by atoms with Crippen molar-refractivity contribution in [2.24, 2.45) is 5.41 Å². The van der Waals surface area contributed by atoms with Crippen LogP contribution in [0.1, 0.15) is 57.8 Å². The number of aliphatic hydroxyl groups is 1. The molecule has 76 heavy (non-hydrogen) atoms. The number of fused-ring (bicyclic) bond motifs is 1. The number of nitrogens with zero attached hydrogens (tertiary/aromatic N) is 6. The van der Waals surface area contributed by atoms with E-state index in [1.807, 2.05) is 43.0 Å². The molecule has 7 rings (SSSR count). The van der Waals surface area contributed by atoms with E-state index in [0.717, 1.165) is 27.8 Å². The van der Waals surface area contributed by atoms with E-state index in [9.17, 15) is 33.8 Å². The van der Waals surface area contributed by atoms with Crippen LogP contribution in [0.25, 0.3) is 32.5 Å². The first-order valence-corrected chi connectivity index (χ1v) is 26.5. The maximum absolute atomic E-state index is 16.4. The maximum atomic E-state index is 16.4. The van der Waals surface area contributed by atoms with E-state index >= 15 is 4.39 Å². The number of halogens is 3. The number of hydrogen-bond donors (Lipinski definition) is 6. The number of amides is 4. The lowest BCUT2D eigenvalue weighted by molar-refractivity contribution is -0.144. The van der Waals surface area contributed by atoms with Gasteiger partial charge in [0.25, 0.3) is 0 Å². The molecule has 4 amide bonds. The second-order valence-electron chi connectivity index (χ2n) is 19.8. The maximum Gasteiger partial charge on any atom is 0.246 e. The van der Waals surface area contributed by atoms with Crippen LogP contribution < -0.4 is 26.2 Å². The molecule has 0 aliphatic carbocycles. The fraction of sp³-hybridized carbons (Fsp3) is 0.491. The number of nitrogens with one attached hydrogen (secondary N) is 4. The minimum absolute atomic E-state index is 0.0520. The van der Waals surface area contributed by atoms with Crippen LogP contribution in [0.15, 0.2) is 54.0 Å². The topological polar surface area (TPSA) is 233 Å². The predicted molar refractivity (Wildman–Crippen MR) is 286 cm³/mol. The number of aryl methyl sites for hydroxylation is 1. The van der Waals surface area contributed by atoms with Crippen molar-refractivity contribution < 1.29 is 52.4 Å². The molecule has 4 atom stereocenters. The number of anilines is 2. The Balaban J connectivity index is 0.796. The highest BCUT2D eigenvalue weighted by molar-refractivity contribution is 7.13. The first kappa shape index (κ1) is 57.6. The van der Waals surface area contributed by atoms with Crippen LogP contribution in [0.4, 0.5) is 20.5 Å². The molecule has 19 nitrogen and oxygen atoms in total. The fourth-order valence-electron chi connectivity index (χ4n) is 8.99. The van der Waals surface area contributed by atoms with E-state index in [0.29, 0.717) is 43.9 Å². The third kappa shape index (κ3) is 14.5. The predicted octanol–water partition coefficient (Wildman–Crippen LogP) is 5.46. The van der Waals surface area contributed by atoms with Crippen LogP contribution in [0.2, 0.25) is 5.02 Å². The molecule has 2 saturated heterocycles. The number of carbonyl (C=O) groups is 4. The van der Waals surface area contributed by atoms with E-state index in [1.165, 1.54) is 28.0 Å². The second-order valence-corrected chi connectivity index (χ2v) is 21.1. The Kier molecular flexibility index (Phi) is 19.9. The van der Waals surface area contributed by atoms with Crippen LogP contribution in [0.3, 0.4) is 0 Å². The number of aromatic hydroxyl groups is 1. The molecule has 410 valence electrons. The quantitative estimate of drug-likeness (QED) is 0.0447.